The smallest absolute Gasteiger partial charge is 0.303 e. The summed E-state index contributed by atoms with van der Waals surface area (Å²) < 4.78 is 5.20. The van der Waals surface area contributed by atoms with Gasteiger partial charge in [0.2, 0.25) is 5.91 Å². The van der Waals surface area contributed by atoms with Crippen molar-refractivity contribution < 1.29 is 19.4 Å². The first-order valence-corrected chi connectivity index (χ1v) is 7.58. The molecule has 23 heavy (non-hydrogen) atoms. The summed E-state index contributed by atoms with van der Waals surface area (Å²) in [6.45, 7) is 2.22. The van der Waals surface area contributed by atoms with Gasteiger partial charge in [0, 0.05) is 13.0 Å². The number of carbonyl (C=O) groups excluding carboxylic acids is 1. The van der Waals surface area contributed by atoms with Crippen LogP contribution >= 0.6 is 0 Å². The number of hydrogen-bond donors (Lipinski definition) is 2. The number of ether oxygens (including phenoxy) is 1. The molecular formula is C18H21NO4. The molecule has 0 bridgehead atoms. The molecule has 2 aromatic carbocycles. The van der Waals surface area contributed by atoms with E-state index in [0.717, 1.165) is 22.1 Å². The Morgan fingerprint density at radius 1 is 1.17 bits per heavy atom. The standard InChI is InChI=1S/C18H21NO4/c1-12(18(22)19-9-3-4-17(20)21)13-5-6-15-11-16(23-2)8-7-14(15)10-13/h5-8,10-12H,3-4,9H2,1-2H3,(H,19,22)(H,20,21). The van der Waals surface area contributed by atoms with Crippen LogP contribution in [-0.4, -0.2) is 30.6 Å². The number of amides is 1. The molecule has 2 aromatic rings. The molecular weight excluding hydrogens is 294 g/mol. The van der Waals surface area contributed by atoms with E-state index >= 15 is 0 Å². The monoisotopic (exact) mass is 315 g/mol. The zero-order chi connectivity index (χ0) is 16.8. The molecule has 0 aliphatic heterocycles. The van der Waals surface area contributed by atoms with E-state index in [1.807, 2.05) is 43.3 Å². The van der Waals surface area contributed by atoms with E-state index in [1.165, 1.54) is 0 Å². The van der Waals surface area contributed by atoms with Crippen molar-refractivity contribution in [3.63, 3.8) is 0 Å². The van der Waals surface area contributed by atoms with Gasteiger partial charge in [0.1, 0.15) is 5.75 Å². The van der Waals surface area contributed by atoms with Crippen molar-refractivity contribution in [3.05, 3.63) is 42.0 Å². The predicted octanol–water partition coefficient (Wildman–Crippen LogP) is 2.93. The van der Waals surface area contributed by atoms with Crippen molar-refractivity contribution in [1.82, 2.24) is 5.32 Å². The Hall–Kier alpha value is -2.56. The largest absolute Gasteiger partial charge is 0.497 e. The van der Waals surface area contributed by atoms with Gasteiger partial charge in [0.05, 0.1) is 13.0 Å². The minimum atomic E-state index is -0.850. The molecule has 0 aliphatic carbocycles. The minimum absolute atomic E-state index is 0.0620. The van der Waals surface area contributed by atoms with Crippen LogP contribution < -0.4 is 10.1 Å². The van der Waals surface area contributed by atoms with Crippen molar-refractivity contribution in [1.29, 1.82) is 0 Å². The number of hydrogen-bond acceptors (Lipinski definition) is 3. The highest BCUT2D eigenvalue weighted by Gasteiger charge is 2.15. The third-order valence-corrected chi connectivity index (χ3v) is 3.83. The molecule has 0 fully saturated rings. The van der Waals surface area contributed by atoms with Gasteiger partial charge in [-0.3, -0.25) is 9.59 Å². The maximum absolute atomic E-state index is 12.1. The van der Waals surface area contributed by atoms with E-state index in [4.69, 9.17) is 9.84 Å². The van der Waals surface area contributed by atoms with Crippen LogP contribution in [0.15, 0.2) is 36.4 Å². The summed E-state index contributed by atoms with van der Waals surface area (Å²) in [5.74, 6) is -0.429. The van der Waals surface area contributed by atoms with E-state index in [1.54, 1.807) is 7.11 Å². The van der Waals surface area contributed by atoms with Crippen molar-refractivity contribution >= 4 is 22.6 Å². The van der Waals surface area contributed by atoms with Gasteiger partial charge in [-0.05, 0) is 41.8 Å². The number of nitrogens with one attached hydrogen (secondary N) is 1. The van der Waals surface area contributed by atoms with Crippen LogP contribution in [-0.2, 0) is 9.59 Å². The number of benzene rings is 2. The number of carbonyl (C=O) groups is 2. The molecule has 0 saturated heterocycles. The molecule has 1 unspecified atom stereocenters. The summed E-state index contributed by atoms with van der Waals surface area (Å²) >= 11 is 0. The van der Waals surface area contributed by atoms with Gasteiger partial charge >= 0.3 is 5.97 Å². The zero-order valence-corrected chi connectivity index (χ0v) is 13.3. The normalized spacial score (nSPS) is 11.9. The summed E-state index contributed by atoms with van der Waals surface area (Å²) in [5.41, 5.74) is 0.929. The lowest BCUT2D eigenvalue weighted by Gasteiger charge is -2.13. The summed E-state index contributed by atoms with van der Waals surface area (Å²) in [6, 6.07) is 11.7. The van der Waals surface area contributed by atoms with Gasteiger partial charge < -0.3 is 15.2 Å². The Morgan fingerprint density at radius 2 is 1.87 bits per heavy atom. The number of fused-ring (bicyclic) bond motifs is 1. The lowest BCUT2D eigenvalue weighted by molar-refractivity contribution is -0.137. The van der Waals surface area contributed by atoms with Gasteiger partial charge in [-0.1, -0.05) is 24.3 Å². The lowest BCUT2D eigenvalue weighted by Crippen LogP contribution is -2.29. The van der Waals surface area contributed by atoms with E-state index in [9.17, 15) is 9.59 Å². The molecule has 5 heteroatoms. The molecule has 0 saturated carbocycles. The Kier molecular flexibility index (Phi) is 5.57. The van der Waals surface area contributed by atoms with Crippen LogP contribution in [0, 0.1) is 0 Å². The molecule has 0 aliphatic rings. The Labute approximate surface area is 135 Å². The van der Waals surface area contributed by atoms with E-state index in [-0.39, 0.29) is 18.2 Å². The maximum Gasteiger partial charge on any atom is 0.303 e. The minimum Gasteiger partial charge on any atom is -0.497 e. The number of carboxylic acid groups (broad SMARTS) is 1. The lowest BCUT2D eigenvalue weighted by atomic mass is 9.97. The predicted molar refractivity (Wildman–Crippen MR) is 88.8 cm³/mol. The fourth-order valence-electron chi connectivity index (χ4n) is 2.39. The Morgan fingerprint density at radius 3 is 2.57 bits per heavy atom. The van der Waals surface area contributed by atoms with Gasteiger partial charge in [0.25, 0.3) is 0 Å². The van der Waals surface area contributed by atoms with Crippen molar-refractivity contribution in [2.75, 3.05) is 13.7 Å². The summed E-state index contributed by atoms with van der Waals surface area (Å²) in [6.07, 6.45) is 0.498. The van der Waals surface area contributed by atoms with Crippen molar-refractivity contribution in [3.8, 4) is 5.75 Å². The molecule has 2 rings (SSSR count). The second kappa shape index (κ2) is 7.63. The van der Waals surface area contributed by atoms with Crippen LogP contribution in [0.4, 0.5) is 0 Å². The van der Waals surface area contributed by atoms with E-state index in [0.29, 0.717) is 13.0 Å². The van der Waals surface area contributed by atoms with E-state index < -0.39 is 5.97 Å². The van der Waals surface area contributed by atoms with Crippen LogP contribution in [0.25, 0.3) is 10.8 Å². The molecule has 5 nitrogen and oxygen atoms in total. The number of rotatable bonds is 7. The SMILES string of the molecule is COc1ccc2cc(C(C)C(=O)NCCCC(=O)O)ccc2c1. The maximum atomic E-state index is 12.1. The summed E-state index contributed by atoms with van der Waals surface area (Å²) in [4.78, 5) is 22.6. The zero-order valence-electron chi connectivity index (χ0n) is 13.3. The summed E-state index contributed by atoms with van der Waals surface area (Å²) in [5, 5.41) is 13.5. The molecule has 0 radical (unpaired) electrons. The van der Waals surface area contributed by atoms with Gasteiger partial charge in [-0.15, -0.1) is 0 Å². The molecule has 0 aromatic heterocycles. The van der Waals surface area contributed by atoms with Gasteiger partial charge in [-0.25, -0.2) is 0 Å². The first-order valence-electron chi connectivity index (χ1n) is 7.58. The number of methoxy groups -OCH3 is 1. The number of carboxylic acids is 1. The average Bonchev–Trinajstić information content (AvgIpc) is 2.56. The second-order valence-corrected chi connectivity index (χ2v) is 5.48. The third-order valence-electron chi connectivity index (χ3n) is 3.83. The third kappa shape index (κ3) is 4.45. The number of aliphatic carboxylic acids is 1. The van der Waals surface area contributed by atoms with Crippen LogP contribution in [0.5, 0.6) is 5.75 Å². The van der Waals surface area contributed by atoms with Crippen LogP contribution in [0.1, 0.15) is 31.2 Å². The molecule has 1 amide bonds. The topological polar surface area (TPSA) is 75.6 Å². The molecule has 122 valence electrons. The Balaban J connectivity index is 2.03. The van der Waals surface area contributed by atoms with Gasteiger partial charge in [-0.2, -0.15) is 0 Å². The highest BCUT2D eigenvalue weighted by molar-refractivity contribution is 5.88. The first-order chi connectivity index (χ1) is 11.0. The highest BCUT2D eigenvalue weighted by Crippen LogP contribution is 2.25. The average molecular weight is 315 g/mol. The van der Waals surface area contributed by atoms with Gasteiger partial charge in [0.15, 0.2) is 0 Å². The van der Waals surface area contributed by atoms with E-state index in [2.05, 4.69) is 5.32 Å². The van der Waals surface area contributed by atoms with Crippen molar-refractivity contribution in [2.45, 2.75) is 25.7 Å². The fourth-order valence-corrected chi connectivity index (χ4v) is 2.39. The first kappa shape index (κ1) is 16.8. The molecule has 1 atom stereocenters. The fraction of sp³-hybridized carbons (Fsp3) is 0.333. The second-order valence-electron chi connectivity index (χ2n) is 5.48. The molecule has 2 N–H and O–H groups in total. The molecule has 0 heterocycles. The Bertz CT molecular complexity index is 711. The van der Waals surface area contributed by atoms with Crippen LogP contribution in [0.2, 0.25) is 0 Å². The quantitative estimate of drug-likeness (QED) is 0.770. The van der Waals surface area contributed by atoms with Crippen molar-refractivity contribution in [2.24, 2.45) is 0 Å². The highest BCUT2D eigenvalue weighted by atomic mass is 16.5. The summed E-state index contributed by atoms with van der Waals surface area (Å²) in [7, 11) is 1.63. The molecule has 0 spiro atoms. The van der Waals surface area contributed by atoms with Crippen LogP contribution in [0.3, 0.4) is 0 Å².